The van der Waals surface area contributed by atoms with Gasteiger partial charge >= 0.3 is 12.2 Å². The van der Waals surface area contributed by atoms with Crippen LogP contribution < -0.4 is 86.7 Å². The van der Waals surface area contributed by atoms with Crippen molar-refractivity contribution in [3.05, 3.63) is 167 Å². The van der Waals surface area contributed by atoms with E-state index in [9.17, 15) is 62.3 Å². The van der Waals surface area contributed by atoms with E-state index in [1.54, 1.807) is 110 Å². The second kappa shape index (κ2) is 47.5. The first-order valence-corrected chi connectivity index (χ1v) is 45.5. The summed E-state index contributed by atoms with van der Waals surface area (Å²) in [7, 11) is 5.93. The molecule has 0 aliphatic carbocycles. The van der Waals surface area contributed by atoms with E-state index in [1.165, 1.54) is 76.8 Å². The topological polar surface area (TPSA) is 493 Å². The molecule has 730 valence electrons. The van der Waals surface area contributed by atoms with Gasteiger partial charge in [-0.15, -0.1) is 0 Å². The van der Waals surface area contributed by atoms with Crippen molar-refractivity contribution in [1.82, 2.24) is 51.9 Å². The second-order valence-corrected chi connectivity index (χ2v) is 34.2. The Bertz CT molecular complexity index is 5470. The number of rotatable bonds is 24. The summed E-state index contributed by atoms with van der Waals surface area (Å²) in [6.07, 6.45) is 1.51. The number of nitrogens with one attached hydrogen (secondary N) is 10. The zero-order chi connectivity index (χ0) is 98.3. The van der Waals surface area contributed by atoms with Crippen molar-refractivity contribution >= 4 is 123 Å². The molecule has 9 aliphatic heterocycles. The Balaban J connectivity index is 0.780. The van der Waals surface area contributed by atoms with Crippen LogP contribution in [0.25, 0.3) is 0 Å². The van der Waals surface area contributed by atoms with Gasteiger partial charge in [-0.1, -0.05) is 48.5 Å². The molecule has 3 unspecified atom stereocenters. The maximum Gasteiger partial charge on any atom is 0.414 e. The van der Waals surface area contributed by atoms with E-state index in [4.69, 9.17) is 42.6 Å². The molecule has 6 aromatic carbocycles. The summed E-state index contributed by atoms with van der Waals surface area (Å²) >= 11 is 0. The van der Waals surface area contributed by atoms with Crippen LogP contribution in [-0.2, 0) is 89.7 Å². The van der Waals surface area contributed by atoms with Gasteiger partial charge in [0.1, 0.15) is 55.2 Å². The molecule has 2 fully saturated rings. The molecule has 40 nitrogen and oxygen atoms in total. The van der Waals surface area contributed by atoms with Crippen LogP contribution in [0.5, 0.6) is 28.7 Å². The number of anilines is 5. The van der Waals surface area contributed by atoms with Gasteiger partial charge < -0.3 is 106 Å². The van der Waals surface area contributed by atoms with Crippen LogP contribution in [0.15, 0.2) is 133 Å². The standard InChI is InChI=1S/C97H117N15O25/c1-55-88(119)102-58(4)90(121)104-67-23-15-61(16-24-67)53-136-96(127)111-52-70-44-65(64-21-29-71(130-8)30-22-64)50-109(70)94(125)72-46-78(131-9)80(48-76(72)111)134-39-13-40-135-81-49-77-73(47-79(81)132-10)95(126)110-51-66(45-75(110)60(6)112(77)97(128)137-54-62-17-25-68(26-18-62)105-91(122)59(5)103-89(120)56(2)100-84(115)32-31-83(114)99-55)63-19-27-69(28-20-63)106-93(124)74(14-11-12-37-98-82(113)36-41-133-43-42-129-7)107-92(123)57(3)101-85(116)35-38-108-86(117)33-34-87(108)118/h15-30,33-34,46-49,55-60,65-66,70,74-75H,11-14,31-32,35-45,50-54H2,1-10H3,(H,98,113)(H,99,114)(H,100,115)(H,101,116)(H,102,119)(H,103,120)(H,104,121)(H,105,122)(H,106,124)(H,107,123)/t55-,56-,57-,58-,59-,60?,65?,66?,70-,74-,75-/m0/s1. The average Bonchev–Trinajstić information content (AvgIpc) is 1.60. The number of imide groups is 1. The minimum atomic E-state index is -1.16. The molecule has 8 bridgehead atoms. The van der Waals surface area contributed by atoms with Crippen LogP contribution in [0.2, 0.25) is 0 Å². The Labute approximate surface area is 791 Å². The number of ether oxygens (including phenoxy) is 9. The van der Waals surface area contributed by atoms with E-state index >= 15 is 14.4 Å². The highest BCUT2D eigenvalue weighted by atomic mass is 16.6. The van der Waals surface area contributed by atoms with Gasteiger partial charge in [0.15, 0.2) is 23.0 Å². The molecule has 2 saturated heterocycles. The van der Waals surface area contributed by atoms with E-state index in [0.29, 0.717) is 79.4 Å². The maximum absolute atomic E-state index is 15.5. The molecule has 11 atom stereocenters. The lowest BCUT2D eigenvalue weighted by atomic mass is 9.93. The molecule has 0 saturated carbocycles. The van der Waals surface area contributed by atoms with Crippen LogP contribution in [0, 0.1) is 0 Å². The number of carbonyl (C=O) groups excluding carboxylic acids is 16. The van der Waals surface area contributed by atoms with Crippen LogP contribution >= 0.6 is 0 Å². The highest BCUT2D eigenvalue weighted by Crippen LogP contribution is 2.47. The Kier molecular flexibility index (Phi) is 35.1. The van der Waals surface area contributed by atoms with Crippen molar-refractivity contribution in [2.45, 2.75) is 185 Å². The fourth-order valence-electron chi connectivity index (χ4n) is 16.7. The summed E-state index contributed by atoms with van der Waals surface area (Å²) in [6, 6.07) is 24.6. The third-order valence-electron chi connectivity index (χ3n) is 24.5. The van der Waals surface area contributed by atoms with Gasteiger partial charge in [0.25, 0.3) is 23.6 Å². The molecular formula is C97H117N15O25. The number of amides is 16. The minimum Gasteiger partial charge on any atom is -0.497 e. The van der Waals surface area contributed by atoms with Crippen LogP contribution in [-0.4, -0.2) is 258 Å². The average molecular weight is 1890 g/mol. The van der Waals surface area contributed by atoms with Gasteiger partial charge in [-0.05, 0) is 157 Å². The third-order valence-corrected chi connectivity index (χ3v) is 24.5. The first kappa shape index (κ1) is 101. The maximum atomic E-state index is 15.5. The molecule has 137 heavy (non-hydrogen) atoms. The second-order valence-electron chi connectivity index (χ2n) is 34.2. The lowest BCUT2D eigenvalue weighted by Gasteiger charge is -2.33. The number of unbranched alkanes of at least 4 members (excludes halogenated alkanes) is 1. The van der Waals surface area contributed by atoms with Crippen LogP contribution in [0.1, 0.15) is 161 Å². The van der Waals surface area contributed by atoms with Crippen molar-refractivity contribution in [3.8, 4) is 28.7 Å². The van der Waals surface area contributed by atoms with E-state index in [1.807, 2.05) is 24.3 Å². The number of nitrogens with zero attached hydrogens (tertiary/aromatic N) is 5. The quantitative estimate of drug-likeness (QED) is 0.0227. The summed E-state index contributed by atoms with van der Waals surface area (Å²) in [5, 5.41) is 26.7. The Morgan fingerprint density at radius 3 is 1.60 bits per heavy atom. The normalized spacial score (nSPS) is 21.6. The van der Waals surface area contributed by atoms with Gasteiger partial charge in [0, 0.05) is 125 Å². The van der Waals surface area contributed by atoms with Gasteiger partial charge in [-0.25, -0.2) is 9.59 Å². The largest absolute Gasteiger partial charge is 0.497 e. The molecule has 15 rings (SSSR count). The van der Waals surface area contributed by atoms with E-state index in [-0.39, 0.29) is 167 Å². The monoisotopic (exact) mass is 1890 g/mol. The molecule has 6 aromatic rings. The summed E-state index contributed by atoms with van der Waals surface area (Å²) < 4.78 is 52.9. The van der Waals surface area contributed by atoms with Crippen molar-refractivity contribution in [1.29, 1.82) is 0 Å². The highest BCUT2D eigenvalue weighted by Gasteiger charge is 2.49. The molecule has 10 N–H and O–H groups in total. The summed E-state index contributed by atoms with van der Waals surface area (Å²) in [6.45, 7) is 9.70. The van der Waals surface area contributed by atoms with E-state index in [0.717, 1.165) is 28.2 Å². The zero-order valence-corrected chi connectivity index (χ0v) is 78.1. The fourth-order valence-corrected chi connectivity index (χ4v) is 16.7. The van der Waals surface area contributed by atoms with Crippen molar-refractivity contribution in [3.63, 3.8) is 0 Å². The number of hydrogen-bond acceptors (Lipinski definition) is 25. The molecule has 9 aliphatic rings. The molecular weight excluding hydrogens is 1780 g/mol. The summed E-state index contributed by atoms with van der Waals surface area (Å²) in [4.78, 5) is 225. The number of carbonyl (C=O) groups is 16. The molecule has 0 aromatic heterocycles. The predicted molar refractivity (Wildman–Crippen MR) is 498 cm³/mol. The molecule has 40 heteroatoms. The molecule has 0 radical (unpaired) electrons. The smallest absolute Gasteiger partial charge is 0.414 e. The first-order valence-electron chi connectivity index (χ1n) is 45.5. The van der Waals surface area contributed by atoms with Crippen LogP contribution in [0.3, 0.4) is 0 Å². The van der Waals surface area contributed by atoms with Crippen molar-refractivity contribution in [2.75, 3.05) is 120 Å². The van der Waals surface area contributed by atoms with Crippen LogP contribution in [0.4, 0.5) is 38.0 Å². The van der Waals surface area contributed by atoms with Gasteiger partial charge in [-0.3, -0.25) is 81.8 Å². The van der Waals surface area contributed by atoms with Crippen molar-refractivity contribution < 1.29 is 119 Å². The van der Waals surface area contributed by atoms with E-state index in [2.05, 4.69) is 53.2 Å². The SMILES string of the molecule is COCCOCCC(=O)NCCCC[C@H](NC(=O)[C@H](C)NC(=O)CCN1C(=O)C=CC1=O)C(=O)Nc1ccc(C2C[C@H]3C(C)N4C(=O)OCc5ccc(cc5)NC(=O)[C@H](C)NC(=O)[C@H](C)NC(=O)CCC(=O)N[C@@H](C)C(=O)N[C@@H](C)C(=O)Nc5ccc(cc5)COC(=O)N5C[C@@H]6CC(c7ccc(OC)cc7)CN6C(=O)c6cc(OC)c(cc65)OCCCOc5cc4c(cc5OC)C(=O)N3C2)cc1. The number of fused-ring (bicyclic) bond motifs is 2. The molecule has 0 spiro atoms. The number of methoxy groups -OCH3 is 4. The van der Waals surface area contributed by atoms with Gasteiger partial charge in [0.2, 0.25) is 59.1 Å². The first-order chi connectivity index (χ1) is 65.8. The fraction of sp³-hybridized carbons (Fsp3) is 0.443. The summed E-state index contributed by atoms with van der Waals surface area (Å²) in [5.41, 5.74) is 4.24. The van der Waals surface area contributed by atoms with Crippen molar-refractivity contribution in [2.24, 2.45) is 0 Å². The Hall–Kier alpha value is -14.7. The zero-order valence-electron chi connectivity index (χ0n) is 78.1. The van der Waals surface area contributed by atoms with Gasteiger partial charge in [-0.2, -0.15) is 0 Å². The lowest BCUT2D eigenvalue weighted by Crippen LogP contribution is -2.51. The minimum absolute atomic E-state index is 0.0219. The molecule has 9 heterocycles. The summed E-state index contributed by atoms with van der Waals surface area (Å²) in [5.74, 6) is -7.31. The number of hydrogen-bond donors (Lipinski definition) is 10. The Morgan fingerprint density at radius 2 is 1.04 bits per heavy atom. The number of benzene rings is 6. The van der Waals surface area contributed by atoms with E-state index < -0.39 is 137 Å². The van der Waals surface area contributed by atoms with Gasteiger partial charge in [0.05, 0.1) is 95.0 Å². The molecule has 16 amide bonds. The Morgan fingerprint density at radius 1 is 0.511 bits per heavy atom. The predicted octanol–water partition coefficient (Wildman–Crippen LogP) is 6.53. The highest BCUT2D eigenvalue weighted by molar-refractivity contribution is 6.13. The third kappa shape index (κ3) is 26.5. The lowest BCUT2D eigenvalue weighted by molar-refractivity contribution is -0.138.